The molecule has 0 unspecified atom stereocenters. The molecule has 3 aliphatic carbocycles. The lowest BCUT2D eigenvalue weighted by molar-refractivity contribution is -0.0606. The Bertz CT molecular complexity index is 590. The van der Waals surface area contributed by atoms with E-state index < -0.39 is 0 Å². The molecule has 0 spiro atoms. The van der Waals surface area contributed by atoms with Crippen molar-refractivity contribution in [2.75, 3.05) is 0 Å². The highest BCUT2D eigenvalue weighted by Gasteiger charge is 2.51. The Morgan fingerprint density at radius 2 is 1.91 bits per heavy atom. The number of aliphatic hydroxyl groups excluding tert-OH is 1. The molecular formula is C21H30O. The maximum Gasteiger partial charge on any atom is 0.0543 e. The molecule has 1 nitrogen and oxygen atoms in total. The van der Waals surface area contributed by atoms with Crippen LogP contribution in [-0.4, -0.2) is 11.2 Å². The monoisotopic (exact) mass is 298 g/mol. The molecule has 4 rings (SSSR count). The summed E-state index contributed by atoms with van der Waals surface area (Å²) in [4.78, 5) is 0. The Morgan fingerprint density at radius 3 is 2.73 bits per heavy atom. The molecule has 3 aliphatic rings. The van der Waals surface area contributed by atoms with E-state index in [1.165, 1.54) is 37.7 Å². The normalized spacial score (nSPS) is 40.5. The number of hydrogen-bond donors (Lipinski definition) is 1. The molecule has 0 heterocycles. The van der Waals surface area contributed by atoms with Gasteiger partial charge in [0.05, 0.1) is 6.10 Å². The zero-order valence-electron chi connectivity index (χ0n) is 14.4. The topological polar surface area (TPSA) is 20.2 Å². The van der Waals surface area contributed by atoms with Crippen LogP contribution in [0.4, 0.5) is 0 Å². The third-order valence-corrected chi connectivity index (χ3v) is 7.67. The Balaban J connectivity index is 1.72. The van der Waals surface area contributed by atoms with Crippen LogP contribution in [0.5, 0.6) is 0 Å². The van der Waals surface area contributed by atoms with E-state index in [0.29, 0.717) is 5.41 Å². The highest BCUT2D eigenvalue weighted by molar-refractivity contribution is 5.44. The van der Waals surface area contributed by atoms with Crippen LogP contribution in [0.2, 0.25) is 0 Å². The molecular weight excluding hydrogens is 268 g/mol. The fraction of sp³-hybridized carbons (Fsp3) is 0.714. The van der Waals surface area contributed by atoms with E-state index in [1.54, 1.807) is 16.7 Å². The van der Waals surface area contributed by atoms with Gasteiger partial charge in [0.15, 0.2) is 0 Å². The minimum atomic E-state index is -0.0320. The standard InChI is InChI=1S/C21H30O/c1-13-4-6-18-17(14(13)2)8-9-20-19(18)7-5-15-12-16(22)10-11-21(15,20)3/h4,6,15-16,19-20,22H,5,7-12H2,1-3H3/t15-,16-,19-,20-,21+/m1/s1. The average molecular weight is 298 g/mol. The predicted octanol–water partition coefficient (Wildman–Crippen LogP) is 4.91. The van der Waals surface area contributed by atoms with Crippen molar-refractivity contribution in [2.24, 2.45) is 17.3 Å². The average Bonchev–Trinajstić information content (AvgIpc) is 2.51. The molecule has 0 bridgehead atoms. The quantitative estimate of drug-likeness (QED) is 0.721. The highest BCUT2D eigenvalue weighted by Crippen LogP contribution is 2.60. The third-order valence-electron chi connectivity index (χ3n) is 7.67. The number of aryl methyl sites for hydroxylation is 1. The van der Waals surface area contributed by atoms with Crippen molar-refractivity contribution in [3.63, 3.8) is 0 Å². The van der Waals surface area contributed by atoms with E-state index in [2.05, 4.69) is 32.9 Å². The summed E-state index contributed by atoms with van der Waals surface area (Å²) in [6.07, 6.45) is 8.58. The third kappa shape index (κ3) is 2.01. The number of hydrogen-bond acceptors (Lipinski definition) is 1. The molecule has 1 heteroatoms. The van der Waals surface area contributed by atoms with Crippen molar-refractivity contribution in [1.29, 1.82) is 0 Å². The van der Waals surface area contributed by atoms with Crippen molar-refractivity contribution in [2.45, 2.75) is 77.7 Å². The smallest absolute Gasteiger partial charge is 0.0543 e. The summed E-state index contributed by atoms with van der Waals surface area (Å²) < 4.78 is 0. The molecule has 0 aromatic heterocycles. The molecule has 5 atom stereocenters. The van der Waals surface area contributed by atoms with E-state index in [-0.39, 0.29) is 6.10 Å². The maximum atomic E-state index is 10.1. The van der Waals surface area contributed by atoms with E-state index in [1.807, 2.05) is 0 Å². The van der Waals surface area contributed by atoms with Crippen molar-refractivity contribution in [3.05, 3.63) is 34.4 Å². The minimum absolute atomic E-state index is 0.0320. The SMILES string of the molecule is Cc1ccc2c(c1C)CC[C@@H]1[C@@H]2CC[C@@H]2C[C@H](O)CC[C@@]21C. The second kappa shape index (κ2) is 5.09. The summed E-state index contributed by atoms with van der Waals surface area (Å²) in [6.45, 7) is 7.12. The predicted molar refractivity (Wildman–Crippen MR) is 91.2 cm³/mol. The van der Waals surface area contributed by atoms with Crippen molar-refractivity contribution >= 4 is 0 Å². The summed E-state index contributed by atoms with van der Waals surface area (Å²) in [5, 5.41) is 10.1. The van der Waals surface area contributed by atoms with Crippen molar-refractivity contribution in [1.82, 2.24) is 0 Å². The van der Waals surface area contributed by atoms with Gasteiger partial charge in [-0.15, -0.1) is 0 Å². The van der Waals surface area contributed by atoms with Gasteiger partial charge in [0.1, 0.15) is 0 Å². The Labute approximate surface area is 135 Å². The molecule has 120 valence electrons. The molecule has 1 N–H and O–H groups in total. The highest BCUT2D eigenvalue weighted by atomic mass is 16.3. The van der Waals surface area contributed by atoms with E-state index in [4.69, 9.17) is 0 Å². The van der Waals surface area contributed by atoms with Gasteiger partial charge >= 0.3 is 0 Å². The van der Waals surface area contributed by atoms with Crippen molar-refractivity contribution in [3.8, 4) is 0 Å². The first kappa shape index (κ1) is 14.8. The van der Waals surface area contributed by atoms with Crippen LogP contribution >= 0.6 is 0 Å². The Hall–Kier alpha value is -0.820. The summed E-state index contributed by atoms with van der Waals surface area (Å²) in [5.41, 5.74) is 6.81. The van der Waals surface area contributed by atoms with Gasteiger partial charge < -0.3 is 5.11 Å². The molecule has 1 aromatic rings. The second-order valence-corrected chi connectivity index (χ2v) is 8.54. The lowest BCUT2D eigenvalue weighted by Gasteiger charge is -2.56. The van der Waals surface area contributed by atoms with E-state index in [9.17, 15) is 5.11 Å². The lowest BCUT2D eigenvalue weighted by Crippen LogP contribution is -2.48. The van der Waals surface area contributed by atoms with Crippen LogP contribution in [0.15, 0.2) is 12.1 Å². The minimum Gasteiger partial charge on any atom is -0.393 e. The molecule has 22 heavy (non-hydrogen) atoms. The maximum absolute atomic E-state index is 10.1. The summed E-state index contributed by atoms with van der Waals surface area (Å²) >= 11 is 0. The van der Waals surface area contributed by atoms with Gasteiger partial charge in [-0.3, -0.25) is 0 Å². The molecule has 2 saturated carbocycles. The molecule has 0 saturated heterocycles. The first-order chi connectivity index (χ1) is 10.5. The summed E-state index contributed by atoms with van der Waals surface area (Å²) in [5.74, 6) is 2.37. The zero-order valence-corrected chi connectivity index (χ0v) is 14.4. The van der Waals surface area contributed by atoms with E-state index >= 15 is 0 Å². The number of rotatable bonds is 0. The van der Waals surface area contributed by atoms with Gasteiger partial charge in [0.25, 0.3) is 0 Å². The first-order valence-electron chi connectivity index (χ1n) is 9.27. The van der Waals surface area contributed by atoms with Crippen LogP contribution in [0.1, 0.15) is 73.6 Å². The number of aliphatic hydroxyl groups is 1. The largest absolute Gasteiger partial charge is 0.393 e. The Morgan fingerprint density at radius 1 is 1.09 bits per heavy atom. The number of fused-ring (bicyclic) bond motifs is 5. The van der Waals surface area contributed by atoms with Crippen LogP contribution in [0, 0.1) is 31.1 Å². The Kier molecular flexibility index (Phi) is 3.41. The van der Waals surface area contributed by atoms with Gasteiger partial charge in [-0.1, -0.05) is 19.1 Å². The number of benzene rings is 1. The molecule has 2 fully saturated rings. The van der Waals surface area contributed by atoms with Gasteiger partial charge in [-0.2, -0.15) is 0 Å². The summed E-state index contributed by atoms with van der Waals surface area (Å²) in [6, 6.07) is 4.78. The van der Waals surface area contributed by atoms with Crippen LogP contribution in [0.3, 0.4) is 0 Å². The van der Waals surface area contributed by atoms with Crippen LogP contribution in [0.25, 0.3) is 0 Å². The molecule has 0 radical (unpaired) electrons. The molecule has 0 amide bonds. The van der Waals surface area contributed by atoms with Crippen LogP contribution in [-0.2, 0) is 6.42 Å². The van der Waals surface area contributed by atoms with Gasteiger partial charge in [0, 0.05) is 0 Å². The fourth-order valence-electron chi connectivity index (χ4n) is 6.15. The van der Waals surface area contributed by atoms with Gasteiger partial charge in [-0.05, 0) is 104 Å². The molecule has 1 aromatic carbocycles. The molecule has 0 aliphatic heterocycles. The van der Waals surface area contributed by atoms with E-state index in [0.717, 1.165) is 30.6 Å². The first-order valence-corrected chi connectivity index (χ1v) is 9.27. The van der Waals surface area contributed by atoms with Crippen molar-refractivity contribution < 1.29 is 5.11 Å². The lowest BCUT2D eigenvalue weighted by atomic mass is 9.49. The zero-order chi connectivity index (χ0) is 15.5. The fourth-order valence-corrected chi connectivity index (χ4v) is 6.15. The summed E-state index contributed by atoms with van der Waals surface area (Å²) in [7, 11) is 0. The van der Waals surface area contributed by atoms with Crippen LogP contribution < -0.4 is 0 Å². The second-order valence-electron chi connectivity index (χ2n) is 8.54. The van der Waals surface area contributed by atoms with Gasteiger partial charge in [-0.25, -0.2) is 0 Å². The van der Waals surface area contributed by atoms with Gasteiger partial charge in [0.2, 0.25) is 0 Å².